The van der Waals surface area contributed by atoms with Gasteiger partial charge in [0, 0.05) is 23.7 Å². The van der Waals surface area contributed by atoms with Gasteiger partial charge >= 0.3 is 0 Å². The summed E-state index contributed by atoms with van der Waals surface area (Å²) in [7, 11) is 1.63. The summed E-state index contributed by atoms with van der Waals surface area (Å²) in [4.78, 5) is 11.7. The van der Waals surface area contributed by atoms with Crippen LogP contribution < -0.4 is 15.8 Å². The van der Waals surface area contributed by atoms with Crippen LogP contribution in [0.25, 0.3) is 0 Å². The van der Waals surface area contributed by atoms with Gasteiger partial charge in [-0.2, -0.15) is 0 Å². The molecule has 0 heterocycles. The molecule has 4 heteroatoms. The second-order valence-electron chi connectivity index (χ2n) is 4.21. The molecule has 0 radical (unpaired) electrons. The van der Waals surface area contributed by atoms with Crippen LogP contribution in [0.2, 0.25) is 0 Å². The normalized spacial score (nSPS) is 12.1. The fraction of sp³-hybridized carbons (Fsp3) is 0.462. The van der Waals surface area contributed by atoms with Crippen LogP contribution in [-0.2, 0) is 4.79 Å². The van der Waals surface area contributed by atoms with E-state index in [-0.39, 0.29) is 11.8 Å². The third-order valence-corrected chi connectivity index (χ3v) is 2.87. The minimum Gasteiger partial charge on any atom is -0.496 e. The summed E-state index contributed by atoms with van der Waals surface area (Å²) in [6.07, 6.45) is 0. The zero-order valence-corrected chi connectivity index (χ0v) is 10.8. The molecule has 1 rings (SSSR count). The lowest BCUT2D eigenvalue weighted by atomic mass is 10.1. The van der Waals surface area contributed by atoms with E-state index in [9.17, 15) is 4.79 Å². The minimum absolute atomic E-state index is 0.0680. The van der Waals surface area contributed by atoms with Crippen molar-refractivity contribution in [2.24, 2.45) is 11.7 Å². The van der Waals surface area contributed by atoms with Gasteiger partial charge < -0.3 is 15.8 Å². The average Bonchev–Trinajstić information content (AvgIpc) is 2.32. The van der Waals surface area contributed by atoms with Crippen molar-refractivity contribution in [3.05, 3.63) is 23.3 Å². The highest BCUT2D eigenvalue weighted by atomic mass is 16.5. The Kier molecular flexibility index (Phi) is 4.52. The van der Waals surface area contributed by atoms with Gasteiger partial charge in [0.2, 0.25) is 5.91 Å². The summed E-state index contributed by atoms with van der Waals surface area (Å²) in [6, 6.07) is 3.81. The molecule has 0 aliphatic rings. The van der Waals surface area contributed by atoms with E-state index in [1.807, 2.05) is 26.0 Å². The van der Waals surface area contributed by atoms with Crippen LogP contribution in [0, 0.1) is 19.8 Å². The van der Waals surface area contributed by atoms with Gasteiger partial charge in [-0.3, -0.25) is 4.79 Å². The summed E-state index contributed by atoms with van der Waals surface area (Å²) in [5, 5.41) is 2.86. The van der Waals surface area contributed by atoms with Crippen molar-refractivity contribution in [3.8, 4) is 5.75 Å². The lowest BCUT2D eigenvalue weighted by Gasteiger charge is -2.15. The molecule has 0 bridgehead atoms. The SMILES string of the molecule is COc1c(C)ccc(NC(=O)C(C)CN)c1C. The second-order valence-corrected chi connectivity index (χ2v) is 4.21. The number of aryl methyl sites for hydroxylation is 1. The lowest BCUT2D eigenvalue weighted by Crippen LogP contribution is -2.27. The fourth-order valence-electron chi connectivity index (χ4n) is 1.64. The van der Waals surface area contributed by atoms with Crippen LogP contribution in [0.4, 0.5) is 5.69 Å². The smallest absolute Gasteiger partial charge is 0.228 e. The van der Waals surface area contributed by atoms with E-state index in [1.54, 1.807) is 14.0 Å². The molecule has 1 unspecified atom stereocenters. The van der Waals surface area contributed by atoms with E-state index >= 15 is 0 Å². The Balaban J connectivity index is 2.97. The molecular weight excluding hydrogens is 216 g/mol. The van der Waals surface area contributed by atoms with Crippen molar-refractivity contribution in [2.45, 2.75) is 20.8 Å². The molecule has 1 atom stereocenters. The average molecular weight is 236 g/mol. The van der Waals surface area contributed by atoms with Crippen LogP contribution in [0.3, 0.4) is 0 Å². The van der Waals surface area contributed by atoms with E-state index in [2.05, 4.69) is 5.32 Å². The van der Waals surface area contributed by atoms with E-state index in [0.29, 0.717) is 6.54 Å². The quantitative estimate of drug-likeness (QED) is 0.838. The number of nitrogens with two attached hydrogens (primary N) is 1. The van der Waals surface area contributed by atoms with E-state index in [1.165, 1.54) is 0 Å². The molecule has 94 valence electrons. The van der Waals surface area contributed by atoms with Crippen LogP contribution in [-0.4, -0.2) is 19.6 Å². The predicted molar refractivity (Wildman–Crippen MR) is 69.3 cm³/mol. The van der Waals surface area contributed by atoms with Gasteiger partial charge in [0.05, 0.1) is 7.11 Å². The van der Waals surface area contributed by atoms with E-state index in [4.69, 9.17) is 10.5 Å². The Morgan fingerprint density at radius 3 is 2.65 bits per heavy atom. The molecular formula is C13H20N2O2. The van der Waals surface area contributed by atoms with Crippen LogP contribution >= 0.6 is 0 Å². The standard InChI is InChI=1S/C13H20N2O2/c1-8-5-6-11(10(3)12(8)17-4)15-13(16)9(2)7-14/h5-6,9H,7,14H2,1-4H3,(H,15,16). The Labute approximate surface area is 102 Å². The van der Waals surface area contributed by atoms with Gasteiger partial charge in [0.1, 0.15) is 5.75 Å². The molecule has 4 nitrogen and oxygen atoms in total. The van der Waals surface area contributed by atoms with Crippen LogP contribution in [0.15, 0.2) is 12.1 Å². The summed E-state index contributed by atoms with van der Waals surface area (Å²) in [5.74, 6) is 0.548. The molecule has 1 aromatic carbocycles. The highest BCUT2D eigenvalue weighted by Crippen LogP contribution is 2.29. The Hall–Kier alpha value is -1.55. The van der Waals surface area contributed by atoms with Crippen molar-refractivity contribution in [3.63, 3.8) is 0 Å². The lowest BCUT2D eigenvalue weighted by molar-refractivity contribution is -0.119. The first-order valence-electron chi connectivity index (χ1n) is 5.66. The van der Waals surface area contributed by atoms with Crippen LogP contribution in [0.5, 0.6) is 5.75 Å². The maximum atomic E-state index is 11.7. The second kappa shape index (κ2) is 5.68. The Morgan fingerprint density at radius 1 is 1.47 bits per heavy atom. The molecule has 0 aliphatic carbocycles. The number of nitrogens with one attached hydrogen (secondary N) is 1. The van der Waals surface area contributed by atoms with Crippen molar-refractivity contribution in [2.75, 3.05) is 19.0 Å². The summed E-state index contributed by atoms with van der Waals surface area (Å²) in [5.41, 5.74) is 8.22. The summed E-state index contributed by atoms with van der Waals surface area (Å²) >= 11 is 0. The maximum Gasteiger partial charge on any atom is 0.228 e. The van der Waals surface area contributed by atoms with Crippen molar-refractivity contribution < 1.29 is 9.53 Å². The number of anilines is 1. The molecule has 0 fully saturated rings. The van der Waals surface area contributed by atoms with E-state index in [0.717, 1.165) is 22.6 Å². The molecule has 0 saturated heterocycles. The highest BCUT2D eigenvalue weighted by molar-refractivity contribution is 5.93. The van der Waals surface area contributed by atoms with Crippen molar-refractivity contribution >= 4 is 11.6 Å². The first kappa shape index (κ1) is 13.5. The number of hydrogen-bond acceptors (Lipinski definition) is 3. The number of amides is 1. The number of rotatable bonds is 4. The number of hydrogen-bond donors (Lipinski definition) is 2. The van der Waals surface area contributed by atoms with Gasteiger partial charge in [-0.1, -0.05) is 13.0 Å². The first-order valence-corrected chi connectivity index (χ1v) is 5.66. The fourth-order valence-corrected chi connectivity index (χ4v) is 1.64. The Morgan fingerprint density at radius 2 is 2.12 bits per heavy atom. The van der Waals surface area contributed by atoms with Gasteiger partial charge in [-0.25, -0.2) is 0 Å². The number of carbonyl (C=O) groups excluding carboxylic acids is 1. The molecule has 3 N–H and O–H groups in total. The molecule has 0 aliphatic heterocycles. The van der Waals surface area contributed by atoms with Crippen molar-refractivity contribution in [1.29, 1.82) is 0 Å². The molecule has 1 aromatic rings. The zero-order chi connectivity index (χ0) is 13.0. The molecule has 17 heavy (non-hydrogen) atoms. The maximum absolute atomic E-state index is 11.7. The molecule has 0 spiro atoms. The van der Waals surface area contributed by atoms with Gasteiger partial charge in [-0.05, 0) is 25.5 Å². The monoisotopic (exact) mass is 236 g/mol. The van der Waals surface area contributed by atoms with Crippen LogP contribution in [0.1, 0.15) is 18.1 Å². The molecule has 0 saturated carbocycles. The third kappa shape index (κ3) is 2.97. The molecule has 0 aromatic heterocycles. The number of ether oxygens (including phenoxy) is 1. The molecule has 1 amide bonds. The third-order valence-electron chi connectivity index (χ3n) is 2.87. The van der Waals surface area contributed by atoms with Gasteiger partial charge in [0.25, 0.3) is 0 Å². The largest absolute Gasteiger partial charge is 0.496 e. The first-order chi connectivity index (χ1) is 8.01. The van der Waals surface area contributed by atoms with Gasteiger partial charge in [-0.15, -0.1) is 0 Å². The van der Waals surface area contributed by atoms with Gasteiger partial charge in [0.15, 0.2) is 0 Å². The highest BCUT2D eigenvalue weighted by Gasteiger charge is 2.14. The summed E-state index contributed by atoms with van der Waals surface area (Å²) < 4.78 is 5.31. The van der Waals surface area contributed by atoms with Crippen molar-refractivity contribution in [1.82, 2.24) is 0 Å². The number of methoxy groups -OCH3 is 1. The number of carbonyl (C=O) groups is 1. The summed E-state index contributed by atoms with van der Waals surface area (Å²) in [6.45, 7) is 6.04. The number of benzene rings is 1. The Bertz CT molecular complexity index is 416. The zero-order valence-electron chi connectivity index (χ0n) is 10.8. The topological polar surface area (TPSA) is 64.3 Å². The predicted octanol–water partition coefficient (Wildman–Crippen LogP) is 1.85. The van der Waals surface area contributed by atoms with E-state index < -0.39 is 0 Å². The minimum atomic E-state index is -0.193.